The molecule has 2 aromatic carbocycles. The Morgan fingerprint density at radius 2 is 2.06 bits per heavy atom. The molecule has 0 aromatic heterocycles. The molecule has 0 spiro atoms. The molecule has 0 amide bonds. The molecule has 2 aromatic rings. The minimum absolute atomic E-state index is 0.0823. The smallest absolute Gasteiger partial charge is 0.312 e. The number of aliphatic hydroxyl groups excluding tert-OH is 1. The van der Waals surface area contributed by atoms with Crippen molar-refractivity contribution in [1.29, 1.82) is 0 Å². The number of hydrogen-bond donors (Lipinski definition) is 1. The van der Waals surface area contributed by atoms with Crippen LogP contribution in [0.4, 0.5) is 5.69 Å². The van der Waals surface area contributed by atoms with Gasteiger partial charge in [-0.3, -0.25) is 14.9 Å². The number of fused-ring (bicyclic) bond motifs is 6. The summed E-state index contributed by atoms with van der Waals surface area (Å²) in [5, 5.41) is 21.4. The van der Waals surface area contributed by atoms with E-state index in [1.165, 1.54) is 13.2 Å². The lowest BCUT2D eigenvalue weighted by atomic mass is 9.80. The third kappa shape index (κ3) is 2.92. The molecule has 9 heteroatoms. The molecule has 0 saturated carbocycles. The minimum atomic E-state index is -0.735. The number of Topliss-reactive ketones (excluding diaryl/α,β-unsaturated/α-hetero) is 1. The first-order valence-electron chi connectivity index (χ1n) is 10.1. The molecule has 5 rings (SSSR count). The Morgan fingerprint density at radius 3 is 2.75 bits per heavy atom. The van der Waals surface area contributed by atoms with E-state index in [1.54, 1.807) is 38.1 Å². The van der Waals surface area contributed by atoms with Crippen molar-refractivity contribution in [1.82, 2.24) is 0 Å². The van der Waals surface area contributed by atoms with Gasteiger partial charge in [-0.15, -0.1) is 0 Å². The molecule has 0 radical (unpaired) electrons. The number of carbonyl (C=O) groups is 1. The first kappa shape index (κ1) is 20.3. The average Bonchev–Trinajstić information content (AvgIpc) is 2.76. The van der Waals surface area contributed by atoms with Gasteiger partial charge in [0.2, 0.25) is 5.75 Å². The van der Waals surface area contributed by atoms with E-state index in [-0.39, 0.29) is 41.7 Å². The number of ketones is 1. The quantitative estimate of drug-likeness (QED) is 0.571. The van der Waals surface area contributed by atoms with E-state index in [2.05, 4.69) is 0 Å². The van der Waals surface area contributed by atoms with Gasteiger partial charge >= 0.3 is 5.69 Å². The lowest BCUT2D eigenvalue weighted by molar-refractivity contribution is -0.386. The number of nitrogens with zero attached hydrogens (tertiary/aromatic N) is 1. The van der Waals surface area contributed by atoms with E-state index < -0.39 is 22.5 Å². The third-order valence-electron chi connectivity index (χ3n) is 5.97. The van der Waals surface area contributed by atoms with Crippen LogP contribution in [0.2, 0.25) is 0 Å². The number of nitro benzene ring substituents is 1. The summed E-state index contributed by atoms with van der Waals surface area (Å²) in [4.78, 5) is 24.9. The van der Waals surface area contributed by atoms with Crippen LogP contribution in [0.15, 0.2) is 24.3 Å². The van der Waals surface area contributed by atoms with Crippen molar-refractivity contribution in [2.75, 3.05) is 13.7 Å². The van der Waals surface area contributed by atoms with Crippen LogP contribution >= 0.6 is 0 Å². The maximum absolute atomic E-state index is 13.6. The van der Waals surface area contributed by atoms with Crippen LogP contribution in [-0.4, -0.2) is 41.2 Å². The summed E-state index contributed by atoms with van der Waals surface area (Å²) in [7, 11) is 1.47. The number of benzene rings is 2. The van der Waals surface area contributed by atoms with Crippen molar-refractivity contribution in [3.05, 3.63) is 56.6 Å². The van der Waals surface area contributed by atoms with Gasteiger partial charge in [0.15, 0.2) is 5.78 Å². The molecule has 9 nitrogen and oxygen atoms in total. The second kappa shape index (κ2) is 6.96. The lowest BCUT2D eigenvalue weighted by Crippen LogP contribution is -2.43. The van der Waals surface area contributed by atoms with Gasteiger partial charge in [-0.05, 0) is 38.1 Å². The average molecular weight is 439 g/mol. The number of methoxy groups -OCH3 is 1. The number of aliphatic hydroxyl groups is 1. The highest BCUT2D eigenvalue weighted by atomic mass is 16.6. The molecule has 3 aliphatic heterocycles. The van der Waals surface area contributed by atoms with Crippen molar-refractivity contribution < 1.29 is 33.8 Å². The maximum Gasteiger partial charge on any atom is 0.312 e. The molecule has 2 unspecified atom stereocenters. The minimum Gasteiger partial charge on any atom is -0.496 e. The Morgan fingerprint density at radius 1 is 1.28 bits per heavy atom. The fourth-order valence-electron chi connectivity index (χ4n) is 4.44. The van der Waals surface area contributed by atoms with E-state index in [9.17, 15) is 20.0 Å². The fraction of sp³-hybridized carbons (Fsp3) is 0.348. The second-order valence-electron chi connectivity index (χ2n) is 8.48. The first-order chi connectivity index (χ1) is 15.2. The van der Waals surface area contributed by atoms with Crippen molar-refractivity contribution >= 4 is 17.5 Å². The Bertz CT molecular complexity index is 1200. The van der Waals surface area contributed by atoms with Crippen molar-refractivity contribution in [2.24, 2.45) is 0 Å². The zero-order valence-electron chi connectivity index (χ0n) is 17.7. The largest absolute Gasteiger partial charge is 0.496 e. The fourth-order valence-corrected chi connectivity index (χ4v) is 4.44. The highest BCUT2D eigenvalue weighted by Gasteiger charge is 2.46. The summed E-state index contributed by atoms with van der Waals surface area (Å²) in [5.74, 6) is 0.186. The molecular weight excluding hydrogens is 418 g/mol. The van der Waals surface area contributed by atoms with Gasteiger partial charge in [0.25, 0.3) is 0 Å². The van der Waals surface area contributed by atoms with E-state index in [0.717, 1.165) is 0 Å². The van der Waals surface area contributed by atoms with E-state index >= 15 is 0 Å². The predicted molar refractivity (Wildman–Crippen MR) is 113 cm³/mol. The molecule has 0 bridgehead atoms. The first-order valence-corrected chi connectivity index (χ1v) is 10.1. The Labute approximate surface area is 183 Å². The molecule has 32 heavy (non-hydrogen) atoms. The van der Waals surface area contributed by atoms with Crippen LogP contribution in [0, 0.1) is 10.1 Å². The summed E-state index contributed by atoms with van der Waals surface area (Å²) in [5.41, 5.74) is 0.568. The summed E-state index contributed by atoms with van der Waals surface area (Å²) >= 11 is 0. The summed E-state index contributed by atoms with van der Waals surface area (Å²) < 4.78 is 23.3. The van der Waals surface area contributed by atoms with Gasteiger partial charge in [0.05, 0.1) is 35.7 Å². The maximum atomic E-state index is 13.6. The van der Waals surface area contributed by atoms with Crippen LogP contribution in [0.1, 0.15) is 46.8 Å². The number of carbonyl (C=O) groups excluding carboxylic acids is 1. The number of nitro groups is 1. The van der Waals surface area contributed by atoms with Crippen molar-refractivity contribution in [2.45, 2.75) is 38.1 Å². The molecule has 2 atom stereocenters. The lowest BCUT2D eigenvalue weighted by Gasteiger charge is -2.38. The van der Waals surface area contributed by atoms with Crippen LogP contribution in [0.5, 0.6) is 23.0 Å². The summed E-state index contributed by atoms with van der Waals surface area (Å²) in [6.45, 7) is 3.44. The SMILES string of the molecule is COc1cc2c(cc1CO)OCC1Oc3c(cc([N+](=O)[O-])c4c3C=CC(C)(C)O4)C(=O)C21. The monoisotopic (exact) mass is 439 g/mol. The summed E-state index contributed by atoms with van der Waals surface area (Å²) in [6, 6.07) is 4.53. The molecule has 1 N–H and O–H groups in total. The highest BCUT2D eigenvalue weighted by Crippen LogP contribution is 2.51. The molecule has 0 saturated heterocycles. The molecule has 166 valence electrons. The normalized spacial score (nSPS) is 21.7. The summed E-state index contributed by atoms with van der Waals surface area (Å²) in [6.07, 6.45) is 2.85. The molecule has 0 fully saturated rings. The molecule has 0 aliphatic carbocycles. The Hall–Kier alpha value is -3.59. The second-order valence-corrected chi connectivity index (χ2v) is 8.48. The number of rotatable bonds is 3. The molecule has 3 heterocycles. The standard InChI is InChI=1S/C23H21NO8/c1-23(2)5-4-12-21-14(7-15(24(27)28)22(12)32-23)20(26)19-13-8-16(29-3)11(9-25)6-17(13)30-10-18(19)31-21/h4-8,18-19,25H,9-10H2,1-3H3. The Balaban J connectivity index is 1.68. The van der Waals surface area contributed by atoms with E-state index in [4.69, 9.17) is 18.9 Å². The van der Waals surface area contributed by atoms with Crippen LogP contribution in [0.25, 0.3) is 6.08 Å². The molecular formula is C23H21NO8. The van der Waals surface area contributed by atoms with Gasteiger partial charge in [-0.1, -0.05) is 0 Å². The predicted octanol–water partition coefficient (Wildman–Crippen LogP) is 3.40. The van der Waals surface area contributed by atoms with Gasteiger partial charge in [0.1, 0.15) is 35.6 Å². The highest BCUT2D eigenvalue weighted by molar-refractivity contribution is 6.07. The topological polar surface area (TPSA) is 117 Å². The van der Waals surface area contributed by atoms with Gasteiger partial charge in [-0.25, -0.2) is 0 Å². The Kier molecular flexibility index (Phi) is 4.42. The zero-order chi connectivity index (χ0) is 22.8. The van der Waals surface area contributed by atoms with E-state index in [1.807, 2.05) is 0 Å². The van der Waals surface area contributed by atoms with Gasteiger partial charge in [0, 0.05) is 17.2 Å². The van der Waals surface area contributed by atoms with Gasteiger partial charge in [-0.2, -0.15) is 0 Å². The number of ether oxygens (including phenoxy) is 4. The number of hydrogen-bond acceptors (Lipinski definition) is 8. The third-order valence-corrected chi connectivity index (χ3v) is 5.97. The van der Waals surface area contributed by atoms with Crippen LogP contribution in [0.3, 0.4) is 0 Å². The van der Waals surface area contributed by atoms with Crippen molar-refractivity contribution in [3.63, 3.8) is 0 Å². The van der Waals surface area contributed by atoms with E-state index in [0.29, 0.717) is 28.2 Å². The molecule has 3 aliphatic rings. The zero-order valence-corrected chi connectivity index (χ0v) is 17.7. The van der Waals surface area contributed by atoms with Crippen LogP contribution in [-0.2, 0) is 6.61 Å². The van der Waals surface area contributed by atoms with Crippen molar-refractivity contribution in [3.8, 4) is 23.0 Å². The van der Waals surface area contributed by atoms with Crippen LogP contribution < -0.4 is 18.9 Å². The van der Waals surface area contributed by atoms with Gasteiger partial charge < -0.3 is 24.1 Å².